The van der Waals surface area contributed by atoms with E-state index in [9.17, 15) is 19.2 Å². The van der Waals surface area contributed by atoms with E-state index in [-0.39, 0.29) is 17.0 Å². The van der Waals surface area contributed by atoms with Gasteiger partial charge in [-0.1, -0.05) is 20.3 Å². The van der Waals surface area contributed by atoms with E-state index in [1.165, 1.54) is 12.1 Å². The summed E-state index contributed by atoms with van der Waals surface area (Å²) >= 11 is 0. The molecule has 1 atom stereocenters. The number of aromatic nitrogens is 2. The monoisotopic (exact) mass is 400 g/mol. The van der Waals surface area contributed by atoms with E-state index in [4.69, 9.17) is 10.5 Å². The molecule has 1 aliphatic heterocycles. The molecule has 9 nitrogen and oxygen atoms in total. The van der Waals surface area contributed by atoms with Gasteiger partial charge in [0.05, 0.1) is 16.5 Å². The molecule has 3 amide bonds. The normalized spacial score (nSPS) is 14.7. The molecule has 1 aromatic heterocycles. The number of aryl methyl sites for hydroxylation is 1. The SMILES string of the molecule is CC(C)C(OC(=O)c1ccc2c(=O)n3c(nc2c1)CCCCC3)C(=O)NC(N)=O. The van der Waals surface area contributed by atoms with Crippen LogP contribution in [0.5, 0.6) is 0 Å². The van der Waals surface area contributed by atoms with Crippen LogP contribution in [0.3, 0.4) is 0 Å². The summed E-state index contributed by atoms with van der Waals surface area (Å²) in [6.45, 7) is 4.00. The van der Waals surface area contributed by atoms with Crippen LogP contribution in [0.15, 0.2) is 23.0 Å². The number of carbonyl (C=O) groups is 3. The quantitative estimate of drug-likeness (QED) is 0.747. The Morgan fingerprint density at radius 3 is 2.66 bits per heavy atom. The number of nitrogens with two attached hydrogens (primary N) is 1. The van der Waals surface area contributed by atoms with Crippen molar-refractivity contribution in [3.63, 3.8) is 0 Å². The van der Waals surface area contributed by atoms with E-state index >= 15 is 0 Å². The minimum atomic E-state index is -1.18. The number of nitrogens with zero attached hydrogens (tertiary/aromatic N) is 2. The van der Waals surface area contributed by atoms with Crippen LogP contribution < -0.4 is 16.6 Å². The highest BCUT2D eigenvalue weighted by molar-refractivity contribution is 5.99. The van der Waals surface area contributed by atoms with Gasteiger partial charge >= 0.3 is 12.0 Å². The van der Waals surface area contributed by atoms with E-state index in [1.54, 1.807) is 24.5 Å². The van der Waals surface area contributed by atoms with Crippen molar-refractivity contribution >= 4 is 28.8 Å². The lowest BCUT2D eigenvalue weighted by Gasteiger charge is -2.20. The summed E-state index contributed by atoms with van der Waals surface area (Å²) in [6, 6.07) is 3.50. The molecule has 0 radical (unpaired) electrons. The maximum absolute atomic E-state index is 12.8. The number of nitrogens with one attached hydrogen (secondary N) is 1. The summed E-state index contributed by atoms with van der Waals surface area (Å²) in [4.78, 5) is 52.9. The van der Waals surface area contributed by atoms with Crippen molar-refractivity contribution in [3.8, 4) is 0 Å². The van der Waals surface area contributed by atoms with Gasteiger partial charge < -0.3 is 10.5 Å². The van der Waals surface area contributed by atoms with Crippen LogP contribution in [0.4, 0.5) is 4.79 Å². The molecule has 0 aliphatic carbocycles. The lowest BCUT2D eigenvalue weighted by Crippen LogP contribution is -2.45. The van der Waals surface area contributed by atoms with Crippen molar-refractivity contribution in [2.75, 3.05) is 0 Å². The van der Waals surface area contributed by atoms with Crippen molar-refractivity contribution in [2.24, 2.45) is 11.7 Å². The number of carbonyl (C=O) groups excluding carboxylic acids is 3. The first kappa shape index (κ1) is 20.5. The molecule has 3 rings (SSSR count). The Morgan fingerprint density at radius 2 is 1.97 bits per heavy atom. The number of ether oxygens (including phenoxy) is 1. The molecule has 3 N–H and O–H groups in total. The molecule has 2 heterocycles. The number of amides is 3. The molecule has 9 heteroatoms. The molecular formula is C20H24N4O5. The van der Waals surface area contributed by atoms with E-state index in [0.717, 1.165) is 19.3 Å². The summed E-state index contributed by atoms with van der Waals surface area (Å²) in [5.41, 5.74) is 5.43. The van der Waals surface area contributed by atoms with Crippen LogP contribution >= 0.6 is 0 Å². The van der Waals surface area contributed by atoms with E-state index < -0.39 is 24.0 Å². The zero-order chi connectivity index (χ0) is 21.1. The summed E-state index contributed by atoms with van der Waals surface area (Å²) in [6.07, 6.45) is 2.47. The average Bonchev–Trinajstić information content (AvgIpc) is 2.90. The second kappa shape index (κ2) is 8.42. The van der Waals surface area contributed by atoms with Gasteiger partial charge in [-0.3, -0.25) is 19.5 Å². The van der Waals surface area contributed by atoms with Gasteiger partial charge in [0.2, 0.25) is 0 Å². The first-order chi connectivity index (χ1) is 13.8. The third-order valence-electron chi connectivity index (χ3n) is 4.90. The predicted molar refractivity (Wildman–Crippen MR) is 105 cm³/mol. The first-order valence-electron chi connectivity index (χ1n) is 9.62. The molecule has 1 unspecified atom stereocenters. The standard InChI is InChI=1S/C20H24N4O5/c1-11(2)16(17(25)23-20(21)28)29-19(27)12-7-8-13-14(10-12)22-15-6-4-3-5-9-24(15)18(13)26/h7-8,10-11,16H,3-6,9H2,1-2H3,(H3,21,23,25,28). The fraction of sp³-hybridized carbons (Fsp3) is 0.450. The van der Waals surface area contributed by atoms with Crippen molar-refractivity contribution in [3.05, 3.63) is 39.9 Å². The largest absolute Gasteiger partial charge is 0.448 e. The fourth-order valence-electron chi connectivity index (χ4n) is 3.41. The van der Waals surface area contributed by atoms with E-state index in [0.29, 0.717) is 29.7 Å². The summed E-state index contributed by atoms with van der Waals surface area (Å²) in [5.74, 6) is -1.20. The van der Waals surface area contributed by atoms with Crippen molar-refractivity contribution in [1.29, 1.82) is 0 Å². The first-order valence-corrected chi connectivity index (χ1v) is 9.62. The number of imide groups is 1. The summed E-state index contributed by atoms with van der Waals surface area (Å²) < 4.78 is 7.01. The van der Waals surface area contributed by atoms with Crippen LogP contribution in [-0.4, -0.2) is 33.6 Å². The van der Waals surface area contributed by atoms with Crippen LogP contribution in [0.1, 0.15) is 49.3 Å². The third-order valence-corrected chi connectivity index (χ3v) is 4.90. The maximum atomic E-state index is 12.8. The number of rotatable bonds is 4. The molecule has 0 spiro atoms. The van der Waals surface area contributed by atoms with Crippen LogP contribution in [0.25, 0.3) is 10.9 Å². The Hall–Kier alpha value is -3.23. The molecule has 154 valence electrons. The Kier molecular flexibility index (Phi) is 5.95. The Bertz CT molecular complexity index is 1030. The highest BCUT2D eigenvalue weighted by atomic mass is 16.5. The lowest BCUT2D eigenvalue weighted by molar-refractivity contribution is -0.130. The number of esters is 1. The van der Waals surface area contributed by atoms with E-state index in [1.807, 2.05) is 5.32 Å². The Balaban J connectivity index is 1.91. The van der Waals surface area contributed by atoms with E-state index in [2.05, 4.69) is 4.98 Å². The van der Waals surface area contributed by atoms with Gasteiger partial charge in [0, 0.05) is 13.0 Å². The summed E-state index contributed by atoms with van der Waals surface area (Å²) in [7, 11) is 0. The molecule has 29 heavy (non-hydrogen) atoms. The lowest BCUT2D eigenvalue weighted by atomic mass is 10.1. The summed E-state index contributed by atoms with van der Waals surface area (Å²) in [5, 5.41) is 2.35. The number of hydrogen-bond donors (Lipinski definition) is 2. The van der Waals surface area contributed by atoms with Gasteiger partial charge in [0.25, 0.3) is 11.5 Å². The van der Waals surface area contributed by atoms with Crippen molar-refractivity contribution < 1.29 is 19.1 Å². The van der Waals surface area contributed by atoms with Gasteiger partial charge in [0.1, 0.15) is 5.82 Å². The topological polar surface area (TPSA) is 133 Å². The van der Waals surface area contributed by atoms with Crippen molar-refractivity contribution in [1.82, 2.24) is 14.9 Å². The maximum Gasteiger partial charge on any atom is 0.338 e. The molecule has 1 aliphatic rings. The second-order valence-corrected chi connectivity index (χ2v) is 7.45. The highest BCUT2D eigenvalue weighted by Crippen LogP contribution is 2.18. The van der Waals surface area contributed by atoms with Gasteiger partial charge in [-0.2, -0.15) is 0 Å². The number of primary amides is 1. The second-order valence-electron chi connectivity index (χ2n) is 7.45. The zero-order valence-corrected chi connectivity index (χ0v) is 16.4. The van der Waals surface area contributed by atoms with Crippen LogP contribution in [-0.2, 0) is 22.5 Å². The van der Waals surface area contributed by atoms with Crippen LogP contribution in [0, 0.1) is 5.92 Å². The van der Waals surface area contributed by atoms with Crippen LogP contribution in [0.2, 0.25) is 0 Å². The molecule has 1 aromatic carbocycles. The van der Waals surface area contributed by atoms with Gasteiger partial charge in [-0.15, -0.1) is 0 Å². The molecule has 0 saturated heterocycles. The number of urea groups is 1. The molecule has 0 fully saturated rings. The van der Waals surface area contributed by atoms with Gasteiger partial charge in [-0.25, -0.2) is 14.6 Å². The smallest absolute Gasteiger partial charge is 0.338 e. The molecule has 0 saturated carbocycles. The predicted octanol–water partition coefficient (Wildman–Crippen LogP) is 1.50. The number of benzene rings is 1. The van der Waals surface area contributed by atoms with Crippen molar-refractivity contribution in [2.45, 2.75) is 52.2 Å². The number of hydrogen-bond acceptors (Lipinski definition) is 6. The zero-order valence-electron chi connectivity index (χ0n) is 16.4. The Labute approximate surface area is 167 Å². The number of fused-ring (bicyclic) bond motifs is 2. The molecule has 0 bridgehead atoms. The molecular weight excluding hydrogens is 376 g/mol. The van der Waals surface area contributed by atoms with Gasteiger partial charge in [-0.05, 0) is 37.0 Å². The Morgan fingerprint density at radius 1 is 1.21 bits per heavy atom. The minimum Gasteiger partial charge on any atom is -0.448 e. The third kappa shape index (κ3) is 4.44. The average molecular weight is 400 g/mol. The molecule has 2 aromatic rings. The minimum absolute atomic E-state index is 0.118. The highest BCUT2D eigenvalue weighted by Gasteiger charge is 2.28. The van der Waals surface area contributed by atoms with Gasteiger partial charge in [0.15, 0.2) is 6.10 Å². The fourth-order valence-corrected chi connectivity index (χ4v) is 3.41.